The maximum atomic E-state index is 9.66. The Bertz CT molecular complexity index is 488. The van der Waals surface area contributed by atoms with Crippen molar-refractivity contribution in [2.24, 2.45) is 5.41 Å². The van der Waals surface area contributed by atoms with Gasteiger partial charge in [0.2, 0.25) is 0 Å². The van der Waals surface area contributed by atoms with Crippen molar-refractivity contribution in [1.29, 1.82) is 5.26 Å². The zero-order chi connectivity index (χ0) is 16.0. The van der Waals surface area contributed by atoms with E-state index in [4.69, 9.17) is 9.47 Å². The molecule has 0 bridgehead atoms. The molecule has 1 N–H and O–H groups in total. The van der Waals surface area contributed by atoms with Crippen molar-refractivity contribution >= 4 is 0 Å². The van der Waals surface area contributed by atoms with E-state index in [9.17, 15) is 5.26 Å². The standard InChI is InChI=1S/C18H26N2O2/c1-4-21-17(22-5-2)18(11-12-18)16(13-19)20-14(3)15-9-7-6-8-10-15/h6-10,14,16-17,20H,4-5,11-12H2,1-3H3/t14-,16+/m0/s1. The molecule has 0 radical (unpaired) electrons. The van der Waals surface area contributed by atoms with E-state index in [2.05, 4.69) is 30.4 Å². The largest absolute Gasteiger partial charge is 0.352 e. The highest BCUT2D eigenvalue weighted by Crippen LogP contribution is 2.53. The second kappa shape index (κ2) is 7.73. The summed E-state index contributed by atoms with van der Waals surface area (Å²) in [7, 11) is 0. The Morgan fingerprint density at radius 1 is 1.18 bits per heavy atom. The number of nitriles is 1. The van der Waals surface area contributed by atoms with Crippen molar-refractivity contribution in [3.63, 3.8) is 0 Å². The fraction of sp³-hybridized carbons (Fsp3) is 0.611. The maximum absolute atomic E-state index is 9.66. The summed E-state index contributed by atoms with van der Waals surface area (Å²) in [5.74, 6) is 0. The van der Waals surface area contributed by atoms with E-state index >= 15 is 0 Å². The van der Waals surface area contributed by atoms with Gasteiger partial charge in [-0.3, -0.25) is 5.32 Å². The van der Waals surface area contributed by atoms with Gasteiger partial charge in [-0.1, -0.05) is 30.3 Å². The van der Waals surface area contributed by atoms with Crippen LogP contribution in [0.2, 0.25) is 0 Å². The molecular weight excluding hydrogens is 276 g/mol. The van der Waals surface area contributed by atoms with Crippen LogP contribution in [0.4, 0.5) is 0 Å². The number of ether oxygens (including phenoxy) is 2. The molecule has 4 nitrogen and oxygen atoms in total. The molecule has 0 spiro atoms. The summed E-state index contributed by atoms with van der Waals surface area (Å²) >= 11 is 0. The molecule has 120 valence electrons. The molecule has 1 aliphatic rings. The molecule has 2 atom stereocenters. The van der Waals surface area contributed by atoms with Crippen LogP contribution >= 0.6 is 0 Å². The van der Waals surface area contributed by atoms with Crippen molar-refractivity contribution in [3.8, 4) is 6.07 Å². The molecule has 1 aliphatic carbocycles. The quantitative estimate of drug-likeness (QED) is 0.710. The molecule has 22 heavy (non-hydrogen) atoms. The number of hydrogen-bond acceptors (Lipinski definition) is 4. The van der Waals surface area contributed by atoms with Crippen LogP contribution in [0.1, 0.15) is 45.2 Å². The molecule has 0 aromatic heterocycles. The third kappa shape index (κ3) is 3.67. The molecule has 1 saturated carbocycles. The molecule has 0 heterocycles. The minimum absolute atomic E-state index is 0.118. The van der Waals surface area contributed by atoms with Gasteiger partial charge in [-0.25, -0.2) is 0 Å². The van der Waals surface area contributed by atoms with Gasteiger partial charge in [0.05, 0.1) is 11.5 Å². The van der Waals surface area contributed by atoms with Gasteiger partial charge in [-0.15, -0.1) is 0 Å². The fourth-order valence-corrected chi connectivity index (χ4v) is 2.91. The van der Waals surface area contributed by atoms with E-state index in [0.29, 0.717) is 13.2 Å². The molecule has 0 saturated heterocycles. The Morgan fingerprint density at radius 3 is 2.23 bits per heavy atom. The van der Waals surface area contributed by atoms with Crippen molar-refractivity contribution in [2.75, 3.05) is 13.2 Å². The van der Waals surface area contributed by atoms with Gasteiger partial charge in [-0.2, -0.15) is 5.26 Å². The lowest BCUT2D eigenvalue weighted by Crippen LogP contribution is -2.45. The first kappa shape index (κ1) is 17.0. The Labute approximate surface area is 133 Å². The Hall–Kier alpha value is -1.41. The summed E-state index contributed by atoms with van der Waals surface area (Å²) < 4.78 is 11.5. The molecule has 0 aliphatic heterocycles. The van der Waals surface area contributed by atoms with Crippen LogP contribution in [0.3, 0.4) is 0 Å². The number of nitrogens with zero attached hydrogens (tertiary/aromatic N) is 1. The van der Waals surface area contributed by atoms with E-state index in [1.165, 1.54) is 5.56 Å². The minimum atomic E-state index is -0.303. The summed E-state index contributed by atoms with van der Waals surface area (Å²) in [6, 6.07) is 12.5. The van der Waals surface area contributed by atoms with E-state index in [1.54, 1.807) is 0 Å². The zero-order valence-electron chi connectivity index (χ0n) is 13.7. The van der Waals surface area contributed by atoms with Crippen LogP contribution in [0.15, 0.2) is 30.3 Å². The third-order valence-corrected chi connectivity index (χ3v) is 4.35. The zero-order valence-corrected chi connectivity index (χ0v) is 13.7. The first-order valence-corrected chi connectivity index (χ1v) is 8.11. The van der Waals surface area contributed by atoms with Crippen LogP contribution in [0.25, 0.3) is 0 Å². The highest BCUT2D eigenvalue weighted by molar-refractivity contribution is 5.21. The van der Waals surface area contributed by atoms with Gasteiger partial charge in [0.1, 0.15) is 6.04 Å². The smallest absolute Gasteiger partial charge is 0.165 e. The van der Waals surface area contributed by atoms with Gasteiger partial charge in [0.15, 0.2) is 6.29 Å². The van der Waals surface area contributed by atoms with Gasteiger partial charge in [0.25, 0.3) is 0 Å². The molecule has 1 fully saturated rings. The molecule has 2 rings (SSSR count). The van der Waals surface area contributed by atoms with Gasteiger partial charge < -0.3 is 9.47 Å². The molecule has 0 unspecified atom stereocenters. The first-order chi connectivity index (χ1) is 10.7. The number of nitrogens with one attached hydrogen (secondary N) is 1. The number of rotatable bonds is 9. The molecule has 1 aromatic carbocycles. The van der Waals surface area contributed by atoms with Crippen molar-refractivity contribution in [3.05, 3.63) is 35.9 Å². The lowest BCUT2D eigenvalue weighted by Gasteiger charge is -2.32. The minimum Gasteiger partial charge on any atom is -0.352 e. The lowest BCUT2D eigenvalue weighted by molar-refractivity contribution is -0.179. The van der Waals surface area contributed by atoms with E-state index in [-0.39, 0.29) is 23.8 Å². The van der Waals surface area contributed by atoms with E-state index in [1.807, 2.05) is 32.0 Å². The van der Waals surface area contributed by atoms with Crippen LogP contribution in [0, 0.1) is 16.7 Å². The molecule has 1 aromatic rings. The third-order valence-electron chi connectivity index (χ3n) is 4.35. The predicted octanol–water partition coefficient (Wildman–Crippen LogP) is 3.41. The van der Waals surface area contributed by atoms with Crippen LogP contribution in [-0.4, -0.2) is 25.5 Å². The Kier molecular flexibility index (Phi) is 5.96. The Morgan fingerprint density at radius 2 is 1.77 bits per heavy atom. The summed E-state index contributed by atoms with van der Waals surface area (Å²) in [5, 5.41) is 13.1. The summed E-state index contributed by atoms with van der Waals surface area (Å²) in [4.78, 5) is 0. The number of hydrogen-bond donors (Lipinski definition) is 1. The summed E-state index contributed by atoms with van der Waals surface area (Å²) in [5.41, 5.74) is 0.965. The predicted molar refractivity (Wildman–Crippen MR) is 86.1 cm³/mol. The molecular formula is C18H26N2O2. The topological polar surface area (TPSA) is 54.3 Å². The van der Waals surface area contributed by atoms with Gasteiger partial charge >= 0.3 is 0 Å². The number of benzene rings is 1. The molecule has 4 heteroatoms. The first-order valence-electron chi connectivity index (χ1n) is 8.11. The van der Waals surface area contributed by atoms with E-state index in [0.717, 1.165) is 12.8 Å². The molecule has 0 amide bonds. The summed E-state index contributed by atoms with van der Waals surface area (Å²) in [6.07, 6.45) is 1.62. The normalized spacial score (nSPS) is 18.7. The maximum Gasteiger partial charge on any atom is 0.165 e. The van der Waals surface area contributed by atoms with Crippen molar-refractivity contribution in [2.45, 2.75) is 52.0 Å². The Balaban J connectivity index is 2.09. The van der Waals surface area contributed by atoms with Gasteiger partial charge in [-0.05, 0) is 39.2 Å². The van der Waals surface area contributed by atoms with Gasteiger partial charge in [0, 0.05) is 19.3 Å². The monoisotopic (exact) mass is 302 g/mol. The van der Waals surface area contributed by atoms with Crippen molar-refractivity contribution in [1.82, 2.24) is 5.32 Å². The van der Waals surface area contributed by atoms with Crippen molar-refractivity contribution < 1.29 is 9.47 Å². The highest BCUT2D eigenvalue weighted by Gasteiger charge is 2.57. The SMILES string of the molecule is CCOC(OCC)C1([C@@H](C#N)N[C@@H](C)c2ccccc2)CC1. The fourth-order valence-electron chi connectivity index (χ4n) is 2.91. The second-order valence-electron chi connectivity index (χ2n) is 5.84. The highest BCUT2D eigenvalue weighted by atomic mass is 16.7. The lowest BCUT2D eigenvalue weighted by atomic mass is 9.94. The second-order valence-corrected chi connectivity index (χ2v) is 5.84. The van der Waals surface area contributed by atoms with Crippen LogP contribution in [-0.2, 0) is 9.47 Å². The van der Waals surface area contributed by atoms with E-state index < -0.39 is 0 Å². The average molecular weight is 302 g/mol. The van der Waals surface area contributed by atoms with Crippen LogP contribution in [0.5, 0.6) is 0 Å². The van der Waals surface area contributed by atoms with Crippen LogP contribution < -0.4 is 5.32 Å². The average Bonchev–Trinajstić information content (AvgIpc) is 3.34. The summed E-state index contributed by atoms with van der Waals surface area (Å²) in [6.45, 7) is 7.21.